The molecule has 13 heavy (non-hydrogen) atoms. The Morgan fingerprint density at radius 2 is 2.38 bits per heavy atom. The lowest BCUT2D eigenvalue weighted by molar-refractivity contribution is -0.137. The number of amides is 2. The second-order valence-electron chi connectivity index (χ2n) is 2.12. The van der Waals surface area contributed by atoms with E-state index in [4.69, 9.17) is 0 Å². The first kappa shape index (κ1) is 9.40. The van der Waals surface area contributed by atoms with Crippen molar-refractivity contribution in [3.8, 4) is 0 Å². The molecular formula is C7H7N3O2S. The van der Waals surface area contributed by atoms with Crippen molar-refractivity contribution in [2.24, 2.45) is 10.8 Å². The molecule has 0 saturated carbocycles. The van der Waals surface area contributed by atoms with Crippen LogP contribution < -0.4 is 11.2 Å². The summed E-state index contributed by atoms with van der Waals surface area (Å²) in [5.41, 5.74) is 7.51. The molecule has 0 aliphatic rings. The van der Waals surface area contributed by atoms with Gasteiger partial charge in [-0.25, -0.2) is 5.43 Å². The number of carbonyl (C=O) groups is 2. The highest BCUT2D eigenvalue weighted by molar-refractivity contribution is 7.08. The van der Waals surface area contributed by atoms with Crippen LogP contribution in [-0.4, -0.2) is 18.0 Å². The van der Waals surface area contributed by atoms with Gasteiger partial charge >= 0.3 is 11.8 Å². The number of carbonyl (C=O) groups excluding carboxylic acids is 2. The van der Waals surface area contributed by atoms with Crippen molar-refractivity contribution in [3.63, 3.8) is 0 Å². The average Bonchev–Trinajstić information content (AvgIpc) is 2.56. The van der Waals surface area contributed by atoms with E-state index < -0.39 is 11.8 Å². The molecule has 6 heteroatoms. The first-order valence-electron chi connectivity index (χ1n) is 3.35. The van der Waals surface area contributed by atoms with Crippen LogP contribution in [0.5, 0.6) is 0 Å². The molecule has 1 rings (SSSR count). The van der Waals surface area contributed by atoms with E-state index in [0.717, 1.165) is 5.56 Å². The van der Waals surface area contributed by atoms with Gasteiger partial charge in [0.05, 0.1) is 6.21 Å². The van der Waals surface area contributed by atoms with Crippen molar-refractivity contribution in [3.05, 3.63) is 22.4 Å². The SMILES string of the molecule is NC(=O)C(=O)NN=Cc1ccsc1. The molecule has 0 radical (unpaired) electrons. The summed E-state index contributed by atoms with van der Waals surface area (Å²) in [6, 6.07) is 1.82. The number of rotatable bonds is 2. The maximum Gasteiger partial charge on any atom is 0.329 e. The van der Waals surface area contributed by atoms with Gasteiger partial charge in [-0.1, -0.05) is 0 Å². The molecular weight excluding hydrogens is 190 g/mol. The highest BCUT2D eigenvalue weighted by Crippen LogP contribution is 2.01. The van der Waals surface area contributed by atoms with Crippen molar-refractivity contribution >= 4 is 29.4 Å². The highest BCUT2D eigenvalue weighted by atomic mass is 32.1. The summed E-state index contributed by atoms with van der Waals surface area (Å²) in [6.07, 6.45) is 1.43. The van der Waals surface area contributed by atoms with Gasteiger partial charge in [0.15, 0.2) is 0 Å². The summed E-state index contributed by atoms with van der Waals surface area (Å²) < 4.78 is 0. The fourth-order valence-corrected chi connectivity index (χ4v) is 1.18. The largest absolute Gasteiger partial charge is 0.361 e. The Labute approximate surface area is 78.2 Å². The van der Waals surface area contributed by atoms with Crippen LogP contribution in [0, 0.1) is 0 Å². The van der Waals surface area contributed by atoms with E-state index in [0.29, 0.717) is 0 Å². The van der Waals surface area contributed by atoms with Crippen LogP contribution >= 0.6 is 11.3 Å². The van der Waals surface area contributed by atoms with Crippen LogP contribution in [0.4, 0.5) is 0 Å². The summed E-state index contributed by atoms with van der Waals surface area (Å²) in [5.74, 6) is -1.98. The van der Waals surface area contributed by atoms with Gasteiger partial charge < -0.3 is 5.73 Å². The first-order chi connectivity index (χ1) is 6.20. The maximum absolute atomic E-state index is 10.6. The van der Waals surface area contributed by atoms with Gasteiger partial charge in [0, 0.05) is 5.56 Å². The Hall–Kier alpha value is -1.69. The number of hydrogen-bond acceptors (Lipinski definition) is 4. The smallest absolute Gasteiger partial charge is 0.329 e. The lowest BCUT2D eigenvalue weighted by Gasteiger charge is -1.91. The summed E-state index contributed by atoms with van der Waals surface area (Å²) in [7, 11) is 0. The summed E-state index contributed by atoms with van der Waals surface area (Å²) >= 11 is 1.51. The molecule has 2 amide bonds. The molecule has 5 nitrogen and oxygen atoms in total. The highest BCUT2D eigenvalue weighted by Gasteiger charge is 2.04. The summed E-state index contributed by atoms with van der Waals surface area (Å²) in [6.45, 7) is 0. The number of primary amides is 1. The van der Waals surface area contributed by atoms with E-state index in [9.17, 15) is 9.59 Å². The van der Waals surface area contributed by atoms with Crippen LogP contribution in [0.3, 0.4) is 0 Å². The van der Waals surface area contributed by atoms with Crippen molar-refractivity contribution in [1.82, 2.24) is 5.43 Å². The number of nitrogens with zero attached hydrogens (tertiary/aromatic N) is 1. The Kier molecular flexibility index (Phi) is 3.15. The van der Waals surface area contributed by atoms with Crippen LogP contribution in [-0.2, 0) is 9.59 Å². The maximum atomic E-state index is 10.6. The molecule has 0 fully saturated rings. The third kappa shape index (κ3) is 3.04. The Balaban J connectivity index is 2.43. The lowest BCUT2D eigenvalue weighted by Crippen LogP contribution is -2.32. The third-order valence-electron chi connectivity index (χ3n) is 1.15. The van der Waals surface area contributed by atoms with Crippen LogP contribution in [0.25, 0.3) is 0 Å². The monoisotopic (exact) mass is 197 g/mol. The molecule has 0 aliphatic carbocycles. The van der Waals surface area contributed by atoms with E-state index in [-0.39, 0.29) is 0 Å². The van der Waals surface area contributed by atoms with E-state index >= 15 is 0 Å². The van der Waals surface area contributed by atoms with Gasteiger partial charge in [0.2, 0.25) is 0 Å². The van der Waals surface area contributed by atoms with E-state index in [1.54, 1.807) is 0 Å². The first-order valence-corrected chi connectivity index (χ1v) is 4.29. The summed E-state index contributed by atoms with van der Waals surface area (Å²) in [5, 5.41) is 7.24. The van der Waals surface area contributed by atoms with Crippen molar-refractivity contribution < 1.29 is 9.59 Å². The van der Waals surface area contributed by atoms with E-state index in [1.165, 1.54) is 17.6 Å². The topological polar surface area (TPSA) is 84.5 Å². The quantitative estimate of drug-likeness (QED) is 0.387. The lowest BCUT2D eigenvalue weighted by atomic mass is 10.4. The minimum atomic E-state index is -1.05. The van der Waals surface area contributed by atoms with Gasteiger partial charge in [-0.15, -0.1) is 0 Å². The average molecular weight is 197 g/mol. The van der Waals surface area contributed by atoms with Gasteiger partial charge in [-0.3, -0.25) is 9.59 Å². The van der Waals surface area contributed by atoms with Crippen LogP contribution in [0.1, 0.15) is 5.56 Å². The second-order valence-corrected chi connectivity index (χ2v) is 2.90. The van der Waals surface area contributed by atoms with Crippen molar-refractivity contribution in [1.29, 1.82) is 0 Å². The zero-order chi connectivity index (χ0) is 9.68. The van der Waals surface area contributed by atoms with Crippen molar-refractivity contribution in [2.75, 3.05) is 0 Å². The third-order valence-corrected chi connectivity index (χ3v) is 1.85. The number of hydrazone groups is 1. The standard InChI is InChI=1S/C7H7N3O2S/c8-6(11)7(12)10-9-3-5-1-2-13-4-5/h1-4H,(H2,8,11)(H,10,12). The zero-order valence-corrected chi connectivity index (χ0v) is 7.38. The molecule has 0 unspecified atom stereocenters. The molecule has 0 bridgehead atoms. The van der Waals surface area contributed by atoms with Gasteiger partial charge in [0.25, 0.3) is 0 Å². The molecule has 0 atom stereocenters. The predicted molar refractivity (Wildman–Crippen MR) is 49.3 cm³/mol. The molecule has 0 aliphatic heterocycles. The van der Waals surface area contributed by atoms with Gasteiger partial charge in [-0.05, 0) is 16.8 Å². The molecule has 0 spiro atoms. The fourth-order valence-electron chi connectivity index (χ4n) is 0.569. The molecule has 1 aromatic heterocycles. The Morgan fingerprint density at radius 1 is 1.62 bits per heavy atom. The van der Waals surface area contributed by atoms with Gasteiger partial charge in [-0.2, -0.15) is 16.4 Å². The molecule has 3 N–H and O–H groups in total. The van der Waals surface area contributed by atoms with E-state index in [2.05, 4.69) is 10.8 Å². The second kappa shape index (κ2) is 4.36. The van der Waals surface area contributed by atoms with Crippen LogP contribution in [0.15, 0.2) is 21.9 Å². The van der Waals surface area contributed by atoms with Gasteiger partial charge in [0.1, 0.15) is 0 Å². The number of thiophene rings is 1. The molecule has 68 valence electrons. The normalized spacial score (nSPS) is 10.2. The zero-order valence-electron chi connectivity index (χ0n) is 6.56. The Bertz CT molecular complexity index is 332. The van der Waals surface area contributed by atoms with Crippen molar-refractivity contribution in [2.45, 2.75) is 0 Å². The molecule has 0 aromatic carbocycles. The fraction of sp³-hybridized carbons (Fsp3) is 0. The molecule has 0 saturated heterocycles. The summed E-state index contributed by atoms with van der Waals surface area (Å²) in [4.78, 5) is 20.8. The number of nitrogens with one attached hydrogen (secondary N) is 1. The number of nitrogens with two attached hydrogens (primary N) is 1. The predicted octanol–water partition coefficient (Wildman–Crippen LogP) is -0.316. The minimum absolute atomic E-state index is 0.856. The number of hydrogen-bond donors (Lipinski definition) is 2. The van der Waals surface area contributed by atoms with E-state index in [1.807, 2.05) is 22.3 Å². The molecule has 1 heterocycles. The molecule has 1 aromatic rings. The van der Waals surface area contributed by atoms with Crippen LogP contribution in [0.2, 0.25) is 0 Å². The minimum Gasteiger partial charge on any atom is -0.361 e. The Morgan fingerprint density at radius 3 is 2.92 bits per heavy atom.